The van der Waals surface area contributed by atoms with Crippen molar-refractivity contribution in [2.24, 2.45) is 0 Å². The zero-order valence-corrected chi connectivity index (χ0v) is 61.3. The second-order valence-corrected chi connectivity index (χ2v) is 27.0. The average molecular weight is 1460 g/mol. The van der Waals surface area contributed by atoms with Crippen molar-refractivity contribution in [1.29, 1.82) is 0 Å². The number of carbonyl (C=O) groups excluding carboxylic acids is 9. The predicted molar refractivity (Wildman–Crippen MR) is 394 cm³/mol. The molecule has 0 spiro atoms. The van der Waals surface area contributed by atoms with Gasteiger partial charge in [0.1, 0.15) is 39.6 Å². The molecule has 0 N–H and O–H groups in total. The van der Waals surface area contributed by atoms with E-state index in [1.54, 1.807) is 0 Å². The lowest BCUT2D eigenvalue weighted by atomic mass is 10.4. The molecule has 0 amide bonds. The molecule has 0 aromatic heterocycles. The van der Waals surface area contributed by atoms with E-state index in [1.165, 1.54) is 106 Å². The van der Waals surface area contributed by atoms with Gasteiger partial charge in [-0.05, 0) is 36.5 Å². The van der Waals surface area contributed by atoms with Gasteiger partial charge in [0.15, 0.2) is 18.3 Å². The minimum Gasteiger partial charge on any atom is -0.461 e. The molecule has 0 saturated heterocycles. The minimum absolute atomic E-state index is 0. The molecule has 0 rings (SSSR count). The van der Waals surface area contributed by atoms with Crippen molar-refractivity contribution < 1.29 is 85.8 Å². The van der Waals surface area contributed by atoms with Crippen LogP contribution in [-0.2, 0) is 85.8 Å². The van der Waals surface area contributed by atoms with Gasteiger partial charge in [0, 0.05) is 36.5 Å². The molecule has 526 valence electrons. The van der Waals surface area contributed by atoms with Gasteiger partial charge in [-0.1, -0.05) is 131 Å². The van der Waals surface area contributed by atoms with Crippen molar-refractivity contribution >= 4 is 160 Å². The summed E-state index contributed by atoms with van der Waals surface area (Å²) in [4.78, 5) is 107. The van der Waals surface area contributed by atoms with E-state index in [0.717, 1.165) is 67.3 Å². The van der Waals surface area contributed by atoms with Gasteiger partial charge in [-0.3, -0.25) is 43.2 Å². The SMILES string of the molecule is C.C.CC/C=C\CSCC(=O)OCC(COC(=O)CSC/C=C\CC)OC(=O)CSC/C=C\CC.CCC#CCSCC(=O)OCC(COC(=O)CSCC#CCC)OC(=O)CSCC#CCC.CCSCC(=O)OCC(COC(=O)CSCC)OC(=O)CSCC. The number of thioether (sulfide) groups is 9. The Labute approximate surface area is 590 Å². The van der Waals surface area contributed by atoms with Crippen LogP contribution >= 0.6 is 106 Å². The first-order valence-corrected chi connectivity index (χ1v) is 40.0. The van der Waals surface area contributed by atoms with E-state index in [1.807, 2.05) is 98.8 Å². The summed E-state index contributed by atoms with van der Waals surface area (Å²) in [6, 6.07) is 0. The van der Waals surface area contributed by atoms with E-state index in [0.29, 0.717) is 23.0 Å². The summed E-state index contributed by atoms with van der Waals surface area (Å²) in [5, 5.41) is 0. The smallest absolute Gasteiger partial charge is 0.316 e. The molecule has 92 heavy (non-hydrogen) atoms. The number of hydrogen-bond acceptors (Lipinski definition) is 27. The molecular weight excluding hydrogens is 1360 g/mol. The quantitative estimate of drug-likeness (QED) is 0.0181. The summed E-state index contributed by atoms with van der Waals surface area (Å²) in [7, 11) is 0. The molecule has 0 aromatic carbocycles. The lowest BCUT2D eigenvalue weighted by Crippen LogP contribution is -2.32. The Hall–Kier alpha value is -3.72. The highest BCUT2D eigenvalue weighted by Crippen LogP contribution is 2.11. The Morgan fingerprint density at radius 3 is 0.717 bits per heavy atom. The molecular formula is C65H104O18S9. The summed E-state index contributed by atoms with van der Waals surface area (Å²) in [5.74, 6) is 21.7. The van der Waals surface area contributed by atoms with Gasteiger partial charge in [0.25, 0.3) is 0 Å². The van der Waals surface area contributed by atoms with Crippen LogP contribution < -0.4 is 0 Å². The van der Waals surface area contributed by atoms with E-state index in [2.05, 4.69) is 35.5 Å². The second kappa shape index (κ2) is 76.3. The maximum atomic E-state index is 12.1. The Morgan fingerprint density at radius 2 is 0.489 bits per heavy atom. The molecule has 0 aliphatic heterocycles. The molecule has 0 aromatic rings. The van der Waals surface area contributed by atoms with Gasteiger partial charge >= 0.3 is 53.7 Å². The first-order valence-electron chi connectivity index (χ1n) is 29.6. The van der Waals surface area contributed by atoms with E-state index in [9.17, 15) is 43.2 Å². The first-order chi connectivity index (χ1) is 43.6. The largest absolute Gasteiger partial charge is 0.461 e. The van der Waals surface area contributed by atoms with Gasteiger partial charge < -0.3 is 42.6 Å². The molecule has 0 radical (unpaired) electrons. The molecule has 0 saturated carbocycles. The van der Waals surface area contributed by atoms with Crippen LogP contribution in [-0.4, -0.2) is 215 Å². The fraction of sp³-hybridized carbons (Fsp3) is 0.677. The van der Waals surface area contributed by atoms with Gasteiger partial charge in [-0.2, -0.15) is 35.3 Å². The number of hydrogen-bond donors (Lipinski definition) is 0. The van der Waals surface area contributed by atoms with Crippen molar-refractivity contribution in [3.63, 3.8) is 0 Å². The number of ether oxygens (including phenoxy) is 9. The van der Waals surface area contributed by atoms with E-state index >= 15 is 0 Å². The Bertz CT molecular complexity index is 2130. The molecule has 0 bridgehead atoms. The van der Waals surface area contributed by atoms with Gasteiger partial charge in [0.2, 0.25) is 0 Å². The van der Waals surface area contributed by atoms with E-state index in [-0.39, 0.29) is 118 Å². The van der Waals surface area contributed by atoms with Crippen LogP contribution in [0, 0.1) is 35.5 Å². The molecule has 27 heteroatoms. The number of allylic oxidation sites excluding steroid dienone is 3. The van der Waals surface area contributed by atoms with Crippen LogP contribution in [0.2, 0.25) is 0 Å². The third kappa shape index (κ3) is 73.7. The fourth-order valence-corrected chi connectivity index (χ4v) is 10.3. The summed E-state index contributed by atoms with van der Waals surface area (Å²) < 4.78 is 47.0. The number of rotatable bonds is 48. The maximum Gasteiger partial charge on any atom is 0.316 e. The van der Waals surface area contributed by atoms with Crippen LogP contribution in [0.25, 0.3) is 0 Å². The van der Waals surface area contributed by atoms with Crippen LogP contribution in [0.5, 0.6) is 0 Å². The predicted octanol–water partition coefficient (Wildman–Crippen LogP) is 12.0. The van der Waals surface area contributed by atoms with Crippen molar-refractivity contribution in [3.8, 4) is 35.5 Å². The lowest BCUT2D eigenvalue weighted by Gasteiger charge is -2.18. The summed E-state index contributed by atoms with van der Waals surface area (Å²) in [5.41, 5.74) is 0. The van der Waals surface area contributed by atoms with Crippen molar-refractivity contribution in [1.82, 2.24) is 0 Å². The Morgan fingerprint density at radius 1 is 0.283 bits per heavy atom. The van der Waals surface area contributed by atoms with Crippen LogP contribution in [0.1, 0.15) is 116 Å². The molecule has 0 atom stereocenters. The fourth-order valence-electron chi connectivity index (χ4n) is 5.35. The zero-order valence-electron chi connectivity index (χ0n) is 53.9. The van der Waals surface area contributed by atoms with Crippen LogP contribution in [0.3, 0.4) is 0 Å². The summed E-state index contributed by atoms with van der Waals surface area (Å²) in [6.07, 6.45) is 14.8. The highest BCUT2D eigenvalue weighted by atomic mass is 32.2. The summed E-state index contributed by atoms with van der Waals surface area (Å²) in [6.45, 7) is 17.0. The molecule has 0 aliphatic carbocycles. The van der Waals surface area contributed by atoms with Gasteiger partial charge in [-0.15, -0.1) is 88.3 Å². The summed E-state index contributed by atoms with van der Waals surface area (Å²) >= 11 is 12.7. The van der Waals surface area contributed by atoms with Crippen molar-refractivity contribution in [2.75, 3.05) is 143 Å². The highest BCUT2D eigenvalue weighted by Gasteiger charge is 2.23. The number of esters is 9. The Balaban J connectivity index is -0.000000413. The molecule has 18 nitrogen and oxygen atoms in total. The highest BCUT2D eigenvalue weighted by molar-refractivity contribution is 8.01. The van der Waals surface area contributed by atoms with Crippen LogP contribution in [0.4, 0.5) is 0 Å². The van der Waals surface area contributed by atoms with Gasteiger partial charge in [-0.25, -0.2) is 0 Å². The monoisotopic (exact) mass is 1460 g/mol. The first kappa shape index (κ1) is 97.0. The van der Waals surface area contributed by atoms with Crippen molar-refractivity contribution in [3.05, 3.63) is 36.5 Å². The third-order valence-corrected chi connectivity index (χ3v) is 16.9. The standard InChI is InChI=1S/C24H38O6S3.C24H32O6S3.C15H26O6S3.2CH4/c2*1-4-7-10-13-31-18-22(25)28-16-21(30-24(27)20-33-15-12-9-6-3)17-29-23(26)19-32-14-11-8-5-2;1-4-22-9-13(16)19-7-12(21-15(18)11-24-6-3)8-20-14(17)10-23-5-2;;/h7-12,21H,4-6,13-20H2,1-3H3;21H,4-6,13-20H2,1-3H3;12H,4-11H2,1-3H3;2*1H4/b10-7-,11-8-,12-9-;;;;. The van der Waals surface area contributed by atoms with E-state index < -0.39 is 60.1 Å². The minimum atomic E-state index is -0.873. The zero-order chi connectivity index (χ0) is 67.4. The van der Waals surface area contributed by atoms with Crippen molar-refractivity contribution in [2.45, 2.75) is 134 Å². The third-order valence-electron chi connectivity index (χ3n) is 9.34. The Kier molecular flexibility index (Phi) is 80.4. The topological polar surface area (TPSA) is 237 Å². The van der Waals surface area contributed by atoms with Crippen LogP contribution in [0.15, 0.2) is 36.5 Å². The maximum absolute atomic E-state index is 12.1. The lowest BCUT2D eigenvalue weighted by molar-refractivity contribution is -0.163. The molecule has 0 heterocycles. The van der Waals surface area contributed by atoms with Gasteiger partial charge in [0.05, 0.1) is 69.0 Å². The van der Waals surface area contributed by atoms with E-state index in [4.69, 9.17) is 42.6 Å². The molecule has 0 fully saturated rings. The second-order valence-electron chi connectivity index (χ2n) is 17.1. The molecule has 0 aliphatic rings. The average Bonchev–Trinajstić information content (AvgIpc) is 2.72. The number of carbonyl (C=O) groups is 9. The normalized spacial score (nSPS) is 10.3. The molecule has 0 unspecified atom stereocenters.